The Morgan fingerprint density at radius 2 is 1.91 bits per heavy atom. The summed E-state index contributed by atoms with van der Waals surface area (Å²) in [5.41, 5.74) is 1.22. The van der Waals surface area contributed by atoms with Gasteiger partial charge in [0.1, 0.15) is 10.6 Å². The first-order chi connectivity index (χ1) is 11.2. The first-order valence-electron chi connectivity index (χ1n) is 6.88. The first kappa shape index (κ1) is 15.9. The molecule has 0 aliphatic rings. The van der Waals surface area contributed by atoms with Crippen molar-refractivity contribution in [1.29, 1.82) is 0 Å². The van der Waals surface area contributed by atoms with Crippen LogP contribution in [0.3, 0.4) is 0 Å². The van der Waals surface area contributed by atoms with Gasteiger partial charge in [-0.25, -0.2) is 4.79 Å². The number of rotatable bonds is 5. The summed E-state index contributed by atoms with van der Waals surface area (Å²) in [6.45, 7) is 2.05. The fourth-order valence-electron chi connectivity index (χ4n) is 2.04. The molecule has 4 nitrogen and oxygen atoms in total. The zero-order valence-corrected chi connectivity index (χ0v) is 14.6. The van der Waals surface area contributed by atoms with E-state index < -0.39 is 5.97 Å². The fourth-order valence-corrected chi connectivity index (χ4v) is 4.43. The summed E-state index contributed by atoms with van der Waals surface area (Å²) in [5.74, 6) is -0.635. The predicted octanol–water partition coefficient (Wildman–Crippen LogP) is 4.97. The Hall–Kier alpha value is -1.96. The molecule has 3 rings (SSSR count). The van der Waals surface area contributed by atoms with Crippen LogP contribution in [0.1, 0.15) is 27.0 Å². The molecule has 0 radical (unpaired) electrons. The molecule has 0 bridgehead atoms. The molecule has 7 heteroatoms. The van der Waals surface area contributed by atoms with Gasteiger partial charge < -0.3 is 10.1 Å². The highest BCUT2D eigenvalue weighted by atomic mass is 32.1. The van der Waals surface area contributed by atoms with Crippen LogP contribution in [0.25, 0.3) is 10.4 Å². The molecule has 1 amide bonds. The van der Waals surface area contributed by atoms with Crippen LogP contribution < -0.4 is 5.32 Å². The van der Waals surface area contributed by atoms with Crippen molar-refractivity contribution >= 4 is 50.9 Å². The molecule has 3 aromatic heterocycles. The van der Waals surface area contributed by atoms with Crippen LogP contribution in [0.15, 0.2) is 40.4 Å². The van der Waals surface area contributed by atoms with Gasteiger partial charge in [0.2, 0.25) is 0 Å². The number of carbonyl (C=O) groups excluding carboxylic acids is 2. The molecule has 0 saturated carbocycles. The Labute approximate surface area is 145 Å². The standard InChI is InChI=1S/C16H13NO3S3/c1-2-20-16(19)13-10(11-5-3-7-21-11)9-23-15(13)17-14(18)12-6-4-8-22-12/h3-9H,2H2,1H3,(H,17,18). The van der Waals surface area contributed by atoms with Crippen molar-refractivity contribution < 1.29 is 14.3 Å². The van der Waals surface area contributed by atoms with Crippen LogP contribution in [-0.2, 0) is 4.74 Å². The lowest BCUT2D eigenvalue weighted by Crippen LogP contribution is -2.13. The molecule has 1 N–H and O–H groups in total. The molecule has 0 unspecified atom stereocenters. The molecule has 3 heterocycles. The van der Waals surface area contributed by atoms with Gasteiger partial charge >= 0.3 is 5.97 Å². The summed E-state index contributed by atoms with van der Waals surface area (Å²) in [5, 5.41) is 9.01. The van der Waals surface area contributed by atoms with E-state index in [2.05, 4.69) is 5.32 Å². The van der Waals surface area contributed by atoms with E-state index in [1.54, 1.807) is 24.3 Å². The van der Waals surface area contributed by atoms with Crippen LogP contribution in [0, 0.1) is 0 Å². The van der Waals surface area contributed by atoms with Crippen molar-refractivity contribution in [2.75, 3.05) is 11.9 Å². The number of nitrogens with one attached hydrogen (secondary N) is 1. The van der Waals surface area contributed by atoms with Gasteiger partial charge in [-0.2, -0.15) is 0 Å². The van der Waals surface area contributed by atoms with E-state index in [9.17, 15) is 9.59 Å². The Bertz CT molecular complexity index is 804. The molecule has 0 atom stereocenters. The summed E-state index contributed by atoms with van der Waals surface area (Å²) in [7, 11) is 0. The lowest BCUT2D eigenvalue weighted by Gasteiger charge is -2.07. The maximum atomic E-state index is 12.4. The highest BCUT2D eigenvalue weighted by Crippen LogP contribution is 2.38. The van der Waals surface area contributed by atoms with Crippen LogP contribution in [0.2, 0.25) is 0 Å². The number of ether oxygens (including phenoxy) is 1. The van der Waals surface area contributed by atoms with E-state index in [1.165, 1.54) is 22.7 Å². The second-order valence-electron chi connectivity index (χ2n) is 4.48. The van der Waals surface area contributed by atoms with E-state index in [4.69, 9.17) is 4.74 Å². The van der Waals surface area contributed by atoms with Crippen molar-refractivity contribution in [1.82, 2.24) is 0 Å². The average Bonchev–Trinajstić information content (AvgIpc) is 3.28. The molecular weight excluding hydrogens is 350 g/mol. The number of hydrogen-bond donors (Lipinski definition) is 1. The third kappa shape index (κ3) is 3.36. The number of anilines is 1. The Morgan fingerprint density at radius 1 is 1.13 bits per heavy atom. The highest BCUT2D eigenvalue weighted by molar-refractivity contribution is 7.17. The lowest BCUT2D eigenvalue weighted by atomic mass is 10.1. The summed E-state index contributed by atoms with van der Waals surface area (Å²) in [6, 6.07) is 7.44. The van der Waals surface area contributed by atoms with Crippen molar-refractivity contribution in [2.45, 2.75) is 6.92 Å². The van der Waals surface area contributed by atoms with Gasteiger partial charge in [0, 0.05) is 15.8 Å². The van der Waals surface area contributed by atoms with Gasteiger partial charge in [-0.3, -0.25) is 4.79 Å². The Balaban J connectivity index is 1.96. The normalized spacial score (nSPS) is 10.5. The van der Waals surface area contributed by atoms with Crippen LogP contribution in [0.4, 0.5) is 5.00 Å². The minimum Gasteiger partial charge on any atom is -0.462 e. The number of thiophene rings is 3. The third-order valence-corrected chi connectivity index (χ3v) is 5.70. The quantitative estimate of drug-likeness (QED) is 0.651. The van der Waals surface area contributed by atoms with E-state index >= 15 is 0 Å². The minimum absolute atomic E-state index is 0.217. The largest absolute Gasteiger partial charge is 0.462 e. The smallest absolute Gasteiger partial charge is 0.341 e. The van der Waals surface area contributed by atoms with Crippen LogP contribution in [0.5, 0.6) is 0 Å². The van der Waals surface area contributed by atoms with Gasteiger partial charge in [-0.1, -0.05) is 12.1 Å². The number of amides is 1. The molecule has 0 aliphatic carbocycles. The predicted molar refractivity (Wildman–Crippen MR) is 95.9 cm³/mol. The fraction of sp³-hybridized carbons (Fsp3) is 0.125. The second-order valence-corrected chi connectivity index (χ2v) is 7.26. The SMILES string of the molecule is CCOC(=O)c1c(-c2cccs2)csc1NC(=O)c1cccs1. The number of carbonyl (C=O) groups is 2. The zero-order chi connectivity index (χ0) is 16.2. The van der Waals surface area contributed by atoms with Gasteiger partial charge in [0.25, 0.3) is 5.91 Å². The molecule has 0 fully saturated rings. The van der Waals surface area contributed by atoms with Gasteiger partial charge in [0.15, 0.2) is 0 Å². The molecule has 0 spiro atoms. The Kier molecular flexibility index (Phi) is 4.90. The number of hydrogen-bond acceptors (Lipinski definition) is 6. The second kappa shape index (κ2) is 7.08. The van der Waals surface area contributed by atoms with Gasteiger partial charge in [0.05, 0.1) is 11.5 Å². The van der Waals surface area contributed by atoms with Crippen molar-refractivity contribution in [3.05, 3.63) is 50.8 Å². The molecule has 0 aromatic carbocycles. The van der Waals surface area contributed by atoms with E-state index in [0.29, 0.717) is 15.4 Å². The molecule has 0 saturated heterocycles. The first-order valence-corrected chi connectivity index (χ1v) is 9.52. The monoisotopic (exact) mass is 363 g/mol. The maximum Gasteiger partial charge on any atom is 0.341 e. The summed E-state index contributed by atoms with van der Waals surface area (Å²) >= 11 is 4.23. The third-order valence-electron chi connectivity index (χ3n) is 3.03. The van der Waals surface area contributed by atoms with Gasteiger partial charge in [-0.05, 0) is 29.8 Å². The lowest BCUT2D eigenvalue weighted by molar-refractivity contribution is 0.0529. The minimum atomic E-state index is -0.418. The molecule has 0 aliphatic heterocycles. The van der Waals surface area contributed by atoms with E-state index in [-0.39, 0.29) is 12.5 Å². The topological polar surface area (TPSA) is 55.4 Å². The van der Waals surface area contributed by atoms with Crippen molar-refractivity contribution in [3.63, 3.8) is 0 Å². The van der Waals surface area contributed by atoms with Crippen molar-refractivity contribution in [3.8, 4) is 10.4 Å². The molecular formula is C16H13NO3S3. The molecule has 23 heavy (non-hydrogen) atoms. The zero-order valence-electron chi connectivity index (χ0n) is 12.2. The number of esters is 1. The molecule has 3 aromatic rings. The Morgan fingerprint density at radius 3 is 2.57 bits per heavy atom. The average molecular weight is 363 g/mol. The summed E-state index contributed by atoms with van der Waals surface area (Å²) in [6.07, 6.45) is 0. The van der Waals surface area contributed by atoms with Crippen molar-refractivity contribution in [2.24, 2.45) is 0 Å². The van der Waals surface area contributed by atoms with E-state index in [1.807, 2.05) is 34.3 Å². The van der Waals surface area contributed by atoms with Gasteiger partial charge in [-0.15, -0.1) is 34.0 Å². The van der Waals surface area contributed by atoms with Crippen LogP contribution >= 0.6 is 34.0 Å². The van der Waals surface area contributed by atoms with Crippen LogP contribution in [-0.4, -0.2) is 18.5 Å². The summed E-state index contributed by atoms with van der Waals surface area (Å²) < 4.78 is 5.16. The highest BCUT2D eigenvalue weighted by Gasteiger charge is 2.23. The van der Waals surface area contributed by atoms with E-state index in [0.717, 1.165) is 10.4 Å². The summed E-state index contributed by atoms with van der Waals surface area (Å²) in [4.78, 5) is 26.2. The molecule has 118 valence electrons. The maximum absolute atomic E-state index is 12.4.